The number of hydrogen-bond acceptors (Lipinski definition) is 4. The average molecular weight is 462 g/mol. The van der Waals surface area contributed by atoms with E-state index in [0.29, 0.717) is 18.4 Å². The summed E-state index contributed by atoms with van der Waals surface area (Å²) in [6.07, 6.45) is 4.76. The molecular formula is C30H39NO3. The van der Waals surface area contributed by atoms with Gasteiger partial charge in [-0.1, -0.05) is 58.0 Å². The molecule has 0 unspecified atom stereocenters. The van der Waals surface area contributed by atoms with Gasteiger partial charge in [-0.25, -0.2) is 0 Å². The lowest BCUT2D eigenvalue weighted by molar-refractivity contribution is -0.233. The molecule has 4 heteroatoms. The van der Waals surface area contributed by atoms with Crippen LogP contribution in [0.25, 0.3) is 0 Å². The summed E-state index contributed by atoms with van der Waals surface area (Å²) >= 11 is 0. The molecule has 0 radical (unpaired) electrons. The predicted octanol–water partition coefficient (Wildman–Crippen LogP) is 5.78. The first-order chi connectivity index (χ1) is 16.3. The number of rotatable bonds is 3. The molecule has 2 aliphatic carbocycles. The molecule has 0 amide bonds. The third-order valence-corrected chi connectivity index (χ3v) is 10.3. The first-order valence-corrected chi connectivity index (χ1v) is 13.2. The van der Waals surface area contributed by atoms with Crippen LogP contribution in [0.2, 0.25) is 0 Å². The molecule has 0 saturated heterocycles. The number of aliphatic hydroxyl groups excluding tert-OH is 1. The quantitative estimate of drug-likeness (QED) is 0.609. The summed E-state index contributed by atoms with van der Waals surface area (Å²) in [6, 6.07) is 12.7. The van der Waals surface area contributed by atoms with Crippen molar-refractivity contribution < 1.29 is 14.6 Å². The lowest BCUT2D eigenvalue weighted by atomic mass is 9.43. The zero-order chi connectivity index (χ0) is 23.7. The molecule has 5 atom stereocenters. The van der Waals surface area contributed by atoms with Crippen molar-refractivity contribution in [1.82, 2.24) is 5.32 Å². The molecule has 0 bridgehead atoms. The molecule has 2 aromatic carbocycles. The molecule has 2 heterocycles. The monoisotopic (exact) mass is 461 g/mol. The van der Waals surface area contributed by atoms with E-state index in [0.717, 1.165) is 50.3 Å². The Morgan fingerprint density at radius 2 is 1.85 bits per heavy atom. The summed E-state index contributed by atoms with van der Waals surface area (Å²) in [5.74, 6) is 2.96. The van der Waals surface area contributed by atoms with E-state index < -0.39 is 0 Å². The van der Waals surface area contributed by atoms with E-state index in [1.165, 1.54) is 28.7 Å². The van der Waals surface area contributed by atoms with Gasteiger partial charge in [0.2, 0.25) is 0 Å². The van der Waals surface area contributed by atoms with Crippen molar-refractivity contribution in [2.75, 3.05) is 0 Å². The van der Waals surface area contributed by atoms with E-state index in [9.17, 15) is 5.11 Å². The molecule has 2 saturated carbocycles. The lowest BCUT2D eigenvalue weighted by Gasteiger charge is -2.67. The Morgan fingerprint density at radius 3 is 2.65 bits per heavy atom. The number of fused-ring (bicyclic) bond motifs is 3. The van der Waals surface area contributed by atoms with Crippen LogP contribution in [-0.2, 0) is 26.1 Å². The molecule has 34 heavy (non-hydrogen) atoms. The van der Waals surface area contributed by atoms with E-state index in [-0.39, 0.29) is 22.5 Å². The summed E-state index contributed by atoms with van der Waals surface area (Å²) in [5, 5.41) is 14.5. The fourth-order valence-corrected chi connectivity index (χ4v) is 7.88. The lowest BCUT2D eigenvalue weighted by Crippen LogP contribution is -2.70. The Bertz CT molecular complexity index is 1100. The molecule has 0 aromatic heterocycles. The van der Waals surface area contributed by atoms with Crippen molar-refractivity contribution in [3.8, 4) is 11.5 Å². The fraction of sp³-hybridized carbons (Fsp3) is 0.600. The molecule has 2 aromatic rings. The van der Waals surface area contributed by atoms with Crippen molar-refractivity contribution in [3.05, 3.63) is 58.7 Å². The van der Waals surface area contributed by atoms with Crippen LogP contribution in [0.1, 0.15) is 75.6 Å². The predicted molar refractivity (Wildman–Crippen MR) is 134 cm³/mol. The van der Waals surface area contributed by atoms with Gasteiger partial charge in [-0.05, 0) is 60.6 Å². The normalized spacial score (nSPS) is 35.4. The maximum Gasteiger partial charge on any atom is 0.131 e. The molecule has 2 fully saturated rings. The maximum atomic E-state index is 11.0. The first-order valence-electron chi connectivity index (χ1n) is 13.2. The number of aliphatic hydroxyl groups is 1. The van der Waals surface area contributed by atoms with Crippen LogP contribution in [0.4, 0.5) is 0 Å². The van der Waals surface area contributed by atoms with Crippen LogP contribution in [0, 0.1) is 22.7 Å². The van der Waals surface area contributed by atoms with Gasteiger partial charge in [0, 0.05) is 35.5 Å². The summed E-state index contributed by atoms with van der Waals surface area (Å²) in [4.78, 5) is 0. The minimum absolute atomic E-state index is 0.00541. The highest BCUT2D eigenvalue weighted by atomic mass is 16.5. The summed E-state index contributed by atoms with van der Waals surface area (Å²) in [6.45, 7) is 11.7. The average Bonchev–Trinajstić information content (AvgIpc) is 3.29. The fourth-order valence-electron chi connectivity index (χ4n) is 7.88. The summed E-state index contributed by atoms with van der Waals surface area (Å²) in [7, 11) is 0. The van der Waals surface area contributed by atoms with Crippen LogP contribution < -0.4 is 14.8 Å². The largest absolute Gasteiger partial charge is 0.488 e. The van der Waals surface area contributed by atoms with Crippen LogP contribution in [0.3, 0.4) is 0 Å². The highest BCUT2D eigenvalue weighted by molar-refractivity contribution is 5.58. The van der Waals surface area contributed by atoms with Gasteiger partial charge in [-0.2, -0.15) is 0 Å². The zero-order valence-corrected chi connectivity index (χ0v) is 21.1. The van der Waals surface area contributed by atoms with E-state index in [1.54, 1.807) is 0 Å². The standard InChI is InChI=1S/C30H39NO3/c1-19-10-11-25-28(2,3)26(32)12-13-30(25)29(19,4)15-22-24(33-18-20-8-6-5-7-9-20)14-21-16-31-17-23(21)27(22)34-30/h5-9,14,19,25-26,31-32H,10-13,15-18H2,1-4H3/t19-,25-,26-,29+,30-/m0/s1. The van der Waals surface area contributed by atoms with Crippen LogP contribution >= 0.6 is 0 Å². The Morgan fingerprint density at radius 1 is 1.06 bits per heavy atom. The van der Waals surface area contributed by atoms with Crippen molar-refractivity contribution >= 4 is 0 Å². The van der Waals surface area contributed by atoms with Crippen LogP contribution in [0.15, 0.2) is 36.4 Å². The molecule has 4 aliphatic rings. The van der Waals surface area contributed by atoms with Gasteiger partial charge in [-0.15, -0.1) is 0 Å². The van der Waals surface area contributed by atoms with Crippen LogP contribution in [-0.4, -0.2) is 16.8 Å². The second-order valence-corrected chi connectivity index (χ2v) is 12.2. The smallest absolute Gasteiger partial charge is 0.131 e. The van der Waals surface area contributed by atoms with Gasteiger partial charge in [0.25, 0.3) is 0 Å². The van der Waals surface area contributed by atoms with Crippen LogP contribution in [0.5, 0.6) is 11.5 Å². The van der Waals surface area contributed by atoms with Gasteiger partial charge < -0.3 is 19.9 Å². The SMILES string of the molecule is C[C@H]1CC[C@H]2C(C)(C)[C@@H](O)CC[C@]23Oc2c4c(cc(OCc5ccccc5)c2C[C@]13C)CNC4. The van der Waals surface area contributed by atoms with E-state index >= 15 is 0 Å². The van der Waals surface area contributed by atoms with Gasteiger partial charge >= 0.3 is 0 Å². The minimum atomic E-state index is -0.265. The van der Waals surface area contributed by atoms with Gasteiger partial charge in [0.1, 0.15) is 23.7 Å². The second-order valence-electron chi connectivity index (χ2n) is 12.2. The van der Waals surface area contributed by atoms with Crippen molar-refractivity contribution in [2.45, 2.75) is 91.2 Å². The molecule has 2 N–H and O–H groups in total. The third-order valence-electron chi connectivity index (χ3n) is 10.3. The van der Waals surface area contributed by atoms with Crippen molar-refractivity contribution in [1.29, 1.82) is 0 Å². The zero-order valence-electron chi connectivity index (χ0n) is 21.1. The Balaban J connectivity index is 1.47. The number of ether oxygens (including phenoxy) is 2. The topological polar surface area (TPSA) is 50.7 Å². The molecule has 182 valence electrons. The van der Waals surface area contributed by atoms with Gasteiger partial charge in [0.15, 0.2) is 0 Å². The molecule has 2 aliphatic heterocycles. The van der Waals surface area contributed by atoms with E-state index in [2.05, 4.69) is 63.3 Å². The van der Waals surface area contributed by atoms with E-state index in [1.807, 2.05) is 6.07 Å². The minimum Gasteiger partial charge on any atom is -0.488 e. The Kier molecular flexibility index (Phi) is 5.10. The van der Waals surface area contributed by atoms with Crippen molar-refractivity contribution in [3.63, 3.8) is 0 Å². The Hall–Kier alpha value is -2.04. The maximum absolute atomic E-state index is 11.0. The second kappa shape index (κ2) is 7.73. The van der Waals surface area contributed by atoms with Crippen molar-refractivity contribution in [2.24, 2.45) is 22.7 Å². The summed E-state index contributed by atoms with van der Waals surface area (Å²) < 4.78 is 13.9. The molecule has 6 rings (SSSR count). The van der Waals surface area contributed by atoms with Gasteiger partial charge in [-0.3, -0.25) is 0 Å². The first kappa shape index (κ1) is 22.4. The third kappa shape index (κ3) is 3.04. The number of benzene rings is 2. The van der Waals surface area contributed by atoms with E-state index in [4.69, 9.17) is 9.47 Å². The number of nitrogens with one attached hydrogen (secondary N) is 1. The number of hydrogen-bond donors (Lipinski definition) is 2. The van der Waals surface area contributed by atoms with Gasteiger partial charge in [0.05, 0.1) is 6.10 Å². The summed E-state index contributed by atoms with van der Waals surface area (Å²) in [5.41, 5.74) is 4.67. The highest BCUT2D eigenvalue weighted by Crippen LogP contribution is 2.66. The molecule has 4 nitrogen and oxygen atoms in total. The molecule has 1 spiro atoms. The highest BCUT2D eigenvalue weighted by Gasteiger charge is 2.67. The Labute approximate surface area is 204 Å². The molecular weight excluding hydrogens is 422 g/mol.